The molecule has 94 valence electrons. The molecule has 1 saturated carbocycles. The SMILES string of the molecule is CC(C)C(N)CC(=O)NCC1CCC(O)C1. The summed E-state index contributed by atoms with van der Waals surface area (Å²) < 4.78 is 0. The van der Waals surface area contributed by atoms with Gasteiger partial charge in [0.05, 0.1) is 6.10 Å². The summed E-state index contributed by atoms with van der Waals surface area (Å²) >= 11 is 0. The molecule has 1 aliphatic rings. The molecule has 1 aliphatic carbocycles. The van der Waals surface area contributed by atoms with Crippen LogP contribution in [0.25, 0.3) is 0 Å². The molecule has 0 aliphatic heterocycles. The lowest BCUT2D eigenvalue weighted by molar-refractivity contribution is -0.121. The van der Waals surface area contributed by atoms with Crippen molar-refractivity contribution in [1.82, 2.24) is 5.32 Å². The van der Waals surface area contributed by atoms with Crippen LogP contribution in [0.3, 0.4) is 0 Å². The van der Waals surface area contributed by atoms with Crippen molar-refractivity contribution < 1.29 is 9.90 Å². The van der Waals surface area contributed by atoms with Crippen LogP contribution in [0.5, 0.6) is 0 Å². The van der Waals surface area contributed by atoms with Crippen LogP contribution in [-0.4, -0.2) is 29.7 Å². The molecule has 0 aromatic rings. The minimum atomic E-state index is -0.167. The fourth-order valence-corrected chi connectivity index (χ4v) is 2.01. The van der Waals surface area contributed by atoms with Crippen LogP contribution in [0, 0.1) is 11.8 Å². The smallest absolute Gasteiger partial charge is 0.221 e. The lowest BCUT2D eigenvalue weighted by atomic mass is 10.0. The van der Waals surface area contributed by atoms with E-state index in [-0.39, 0.29) is 18.1 Å². The molecule has 1 amide bonds. The van der Waals surface area contributed by atoms with Crippen LogP contribution in [0.1, 0.15) is 39.5 Å². The van der Waals surface area contributed by atoms with Crippen LogP contribution >= 0.6 is 0 Å². The summed E-state index contributed by atoms with van der Waals surface area (Å²) in [6, 6.07) is -0.0610. The second-order valence-electron chi connectivity index (χ2n) is 5.25. The van der Waals surface area contributed by atoms with E-state index in [9.17, 15) is 9.90 Å². The van der Waals surface area contributed by atoms with Gasteiger partial charge in [0.2, 0.25) is 5.91 Å². The van der Waals surface area contributed by atoms with E-state index in [2.05, 4.69) is 5.32 Å². The van der Waals surface area contributed by atoms with E-state index in [0.717, 1.165) is 19.3 Å². The Labute approximate surface area is 97.6 Å². The van der Waals surface area contributed by atoms with Crippen LogP contribution in [0.15, 0.2) is 0 Å². The number of rotatable bonds is 5. The fraction of sp³-hybridized carbons (Fsp3) is 0.917. The van der Waals surface area contributed by atoms with Crippen molar-refractivity contribution in [3.05, 3.63) is 0 Å². The van der Waals surface area contributed by atoms with Crippen molar-refractivity contribution >= 4 is 5.91 Å². The third kappa shape index (κ3) is 4.49. The zero-order valence-electron chi connectivity index (χ0n) is 10.3. The van der Waals surface area contributed by atoms with Crippen molar-refractivity contribution in [2.24, 2.45) is 17.6 Å². The zero-order chi connectivity index (χ0) is 12.1. The van der Waals surface area contributed by atoms with E-state index in [1.54, 1.807) is 0 Å². The molecule has 4 heteroatoms. The van der Waals surface area contributed by atoms with Gasteiger partial charge in [0.25, 0.3) is 0 Å². The third-order valence-electron chi connectivity index (χ3n) is 3.38. The van der Waals surface area contributed by atoms with Gasteiger partial charge in [0.15, 0.2) is 0 Å². The number of carbonyl (C=O) groups excluding carboxylic acids is 1. The molecule has 4 N–H and O–H groups in total. The highest BCUT2D eigenvalue weighted by molar-refractivity contribution is 5.76. The Morgan fingerprint density at radius 3 is 2.69 bits per heavy atom. The first-order valence-electron chi connectivity index (χ1n) is 6.19. The van der Waals surface area contributed by atoms with Gasteiger partial charge in [-0.2, -0.15) is 0 Å². The Balaban J connectivity index is 2.15. The van der Waals surface area contributed by atoms with Gasteiger partial charge in [-0.1, -0.05) is 13.8 Å². The molecule has 1 rings (SSSR count). The van der Waals surface area contributed by atoms with Crippen molar-refractivity contribution in [2.75, 3.05) is 6.54 Å². The Morgan fingerprint density at radius 2 is 2.19 bits per heavy atom. The van der Waals surface area contributed by atoms with Crippen LogP contribution in [0.4, 0.5) is 0 Å². The standard InChI is InChI=1S/C12H24N2O2/c1-8(2)11(13)6-12(16)14-7-9-3-4-10(15)5-9/h8-11,15H,3-7,13H2,1-2H3,(H,14,16). The van der Waals surface area contributed by atoms with E-state index in [0.29, 0.717) is 24.8 Å². The van der Waals surface area contributed by atoms with Gasteiger partial charge in [-0.15, -0.1) is 0 Å². The van der Waals surface area contributed by atoms with Crippen molar-refractivity contribution in [3.8, 4) is 0 Å². The maximum atomic E-state index is 11.5. The maximum Gasteiger partial charge on any atom is 0.221 e. The average Bonchev–Trinajstić information content (AvgIpc) is 2.61. The minimum absolute atomic E-state index is 0.0302. The third-order valence-corrected chi connectivity index (χ3v) is 3.38. The lowest BCUT2D eigenvalue weighted by Gasteiger charge is -2.16. The summed E-state index contributed by atoms with van der Waals surface area (Å²) in [5.74, 6) is 0.802. The first-order valence-corrected chi connectivity index (χ1v) is 6.19. The Kier molecular flexibility index (Phi) is 5.22. The van der Waals surface area contributed by atoms with Gasteiger partial charge < -0.3 is 16.2 Å². The van der Waals surface area contributed by atoms with Crippen molar-refractivity contribution in [2.45, 2.75) is 51.7 Å². The van der Waals surface area contributed by atoms with E-state index in [4.69, 9.17) is 5.73 Å². The summed E-state index contributed by atoms with van der Waals surface area (Å²) in [6.07, 6.45) is 2.92. The highest BCUT2D eigenvalue weighted by Crippen LogP contribution is 2.24. The summed E-state index contributed by atoms with van der Waals surface area (Å²) in [7, 11) is 0. The number of amides is 1. The Hall–Kier alpha value is -0.610. The largest absolute Gasteiger partial charge is 0.393 e. The first kappa shape index (κ1) is 13.5. The quantitative estimate of drug-likeness (QED) is 0.646. The Morgan fingerprint density at radius 1 is 1.50 bits per heavy atom. The average molecular weight is 228 g/mol. The zero-order valence-corrected chi connectivity index (χ0v) is 10.3. The maximum absolute atomic E-state index is 11.5. The predicted molar refractivity (Wildman–Crippen MR) is 63.8 cm³/mol. The van der Waals surface area contributed by atoms with Gasteiger partial charge in [-0.3, -0.25) is 4.79 Å². The Bertz CT molecular complexity index is 231. The lowest BCUT2D eigenvalue weighted by Crippen LogP contribution is -2.36. The number of aliphatic hydroxyl groups is 1. The van der Waals surface area contributed by atoms with Crippen LogP contribution in [-0.2, 0) is 4.79 Å². The highest BCUT2D eigenvalue weighted by atomic mass is 16.3. The molecule has 0 bridgehead atoms. The fourth-order valence-electron chi connectivity index (χ4n) is 2.01. The second kappa shape index (κ2) is 6.21. The highest BCUT2D eigenvalue weighted by Gasteiger charge is 2.23. The summed E-state index contributed by atoms with van der Waals surface area (Å²) in [5, 5.41) is 12.3. The monoisotopic (exact) mass is 228 g/mol. The van der Waals surface area contributed by atoms with Gasteiger partial charge in [-0.25, -0.2) is 0 Å². The van der Waals surface area contributed by atoms with Crippen molar-refractivity contribution in [1.29, 1.82) is 0 Å². The molecule has 0 aromatic heterocycles. The molecule has 0 radical (unpaired) electrons. The summed E-state index contributed by atoms with van der Waals surface area (Å²) in [4.78, 5) is 11.5. The normalized spacial score (nSPS) is 27.1. The molecular weight excluding hydrogens is 204 g/mol. The summed E-state index contributed by atoms with van der Waals surface area (Å²) in [6.45, 7) is 4.72. The number of nitrogens with two attached hydrogens (primary N) is 1. The molecule has 3 unspecified atom stereocenters. The molecule has 3 atom stereocenters. The number of hydrogen-bond donors (Lipinski definition) is 3. The molecule has 4 nitrogen and oxygen atoms in total. The molecule has 0 heterocycles. The molecule has 1 fully saturated rings. The predicted octanol–water partition coefficient (Wildman–Crippen LogP) is 0.637. The van der Waals surface area contributed by atoms with Crippen molar-refractivity contribution in [3.63, 3.8) is 0 Å². The van der Waals surface area contributed by atoms with Crippen LogP contribution in [0.2, 0.25) is 0 Å². The number of nitrogens with one attached hydrogen (secondary N) is 1. The van der Waals surface area contributed by atoms with E-state index >= 15 is 0 Å². The number of carbonyl (C=O) groups is 1. The molecule has 0 spiro atoms. The summed E-state index contributed by atoms with van der Waals surface area (Å²) in [5.41, 5.74) is 5.82. The minimum Gasteiger partial charge on any atom is -0.393 e. The van der Waals surface area contributed by atoms with Crippen LogP contribution < -0.4 is 11.1 Å². The second-order valence-corrected chi connectivity index (χ2v) is 5.25. The van der Waals surface area contributed by atoms with E-state index in [1.165, 1.54) is 0 Å². The van der Waals surface area contributed by atoms with Gasteiger partial charge in [0, 0.05) is 19.0 Å². The van der Waals surface area contributed by atoms with E-state index in [1.807, 2.05) is 13.8 Å². The topological polar surface area (TPSA) is 75.4 Å². The number of hydrogen-bond acceptors (Lipinski definition) is 3. The molecule has 16 heavy (non-hydrogen) atoms. The molecule has 0 aromatic carbocycles. The first-order chi connectivity index (χ1) is 7.49. The van der Waals surface area contributed by atoms with Gasteiger partial charge in [0.1, 0.15) is 0 Å². The van der Waals surface area contributed by atoms with Gasteiger partial charge >= 0.3 is 0 Å². The van der Waals surface area contributed by atoms with E-state index < -0.39 is 0 Å². The number of aliphatic hydroxyl groups excluding tert-OH is 1. The molecule has 0 saturated heterocycles. The van der Waals surface area contributed by atoms with Gasteiger partial charge in [-0.05, 0) is 31.1 Å². The molecular formula is C12H24N2O2.